The summed E-state index contributed by atoms with van der Waals surface area (Å²) in [6.07, 6.45) is 0.843. The van der Waals surface area contributed by atoms with Crippen LogP contribution < -0.4 is 4.74 Å². The first-order chi connectivity index (χ1) is 26.0. The molecule has 0 saturated heterocycles. The molecule has 3 rings (SSSR count). The number of aliphatic hydroxyl groups excluding tert-OH is 1. The molecule has 0 amide bonds. The highest BCUT2D eigenvalue weighted by atomic mass is 28.4. The predicted molar refractivity (Wildman–Crippen MR) is 248 cm³/mol. The summed E-state index contributed by atoms with van der Waals surface area (Å²) in [4.78, 5) is 0. The summed E-state index contributed by atoms with van der Waals surface area (Å²) in [7, 11) is -7.64. The van der Waals surface area contributed by atoms with Gasteiger partial charge in [-0.05, 0) is 96.3 Å². The van der Waals surface area contributed by atoms with Gasteiger partial charge >= 0.3 is 0 Å². The molecule has 0 unspecified atom stereocenters. The van der Waals surface area contributed by atoms with Crippen molar-refractivity contribution in [2.45, 2.75) is 205 Å². The van der Waals surface area contributed by atoms with E-state index < -0.39 is 56.7 Å². The fraction of sp³-hybridized carbons (Fsp3) is 0.739. The van der Waals surface area contributed by atoms with Crippen LogP contribution in [0.2, 0.25) is 72.5 Å². The molecule has 1 N–H and O–H groups in total. The van der Waals surface area contributed by atoms with Gasteiger partial charge in [-0.3, -0.25) is 0 Å². The zero-order valence-electron chi connectivity index (χ0n) is 39.5. The third-order valence-electron chi connectivity index (χ3n) is 14.1. The Balaban J connectivity index is 2.38. The second kappa shape index (κ2) is 18.2. The average molecular weight is 857 g/mol. The van der Waals surface area contributed by atoms with E-state index in [1.54, 1.807) is 7.11 Å². The molecule has 0 bridgehead atoms. The van der Waals surface area contributed by atoms with Gasteiger partial charge in [0.05, 0.1) is 32.8 Å². The summed E-state index contributed by atoms with van der Waals surface area (Å²) in [6.45, 7) is 41.1. The van der Waals surface area contributed by atoms with Gasteiger partial charge in [0.15, 0.2) is 38.9 Å². The summed E-state index contributed by atoms with van der Waals surface area (Å²) in [6, 6.07) is 10.8. The van der Waals surface area contributed by atoms with Gasteiger partial charge in [0.25, 0.3) is 0 Å². The maximum absolute atomic E-state index is 12.4. The van der Waals surface area contributed by atoms with Crippen molar-refractivity contribution in [3.63, 3.8) is 0 Å². The van der Waals surface area contributed by atoms with Crippen LogP contribution in [0.15, 0.2) is 35.9 Å². The first kappa shape index (κ1) is 49.9. The van der Waals surface area contributed by atoms with Gasteiger partial charge in [-0.2, -0.15) is 0 Å². The Morgan fingerprint density at radius 3 is 1.82 bits per heavy atom. The minimum absolute atomic E-state index is 0.00191. The van der Waals surface area contributed by atoms with Crippen LogP contribution in [0.25, 0.3) is 0 Å². The topological polar surface area (TPSA) is 75.6 Å². The Morgan fingerprint density at radius 2 is 1.33 bits per heavy atom. The molecule has 1 aromatic rings. The van der Waals surface area contributed by atoms with Crippen molar-refractivity contribution >= 4 is 33.3 Å². The summed E-state index contributed by atoms with van der Waals surface area (Å²) >= 11 is 0. The molecule has 0 heterocycles. The summed E-state index contributed by atoms with van der Waals surface area (Å²) in [5.41, 5.74) is -0.569. The normalized spacial score (nSPS) is 24.2. The van der Waals surface area contributed by atoms with Crippen LogP contribution in [0.5, 0.6) is 5.75 Å². The molecule has 0 fully saturated rings. The number of fused-ring (bicyclic) bond motifs is 1. The third-order valence-corrected chi connectivity index (χ3v) is 32.3. The van der Waals surface area contributed by atoms with Crippen LogP contribution in [0.3, 0.4) is 0 Å². The number of aliphatic hydroxyl groups is 1. The number of rotatable bonds is 17. The van der Waals surface area contributed by atoms with Crippen LogP contribution in [0.4, 0.5) is 0 Å². The first-order valence-corrected chi connectivity index (χ1v) is 32.6. The maximum atomic E-state index is 12.4. The third kappa shape index (κ3) is 11.5. The van der Waals surface area contributed by atoms with Crippen molar-refractivity contribution in [3.8, 4) is 29.4 Å². The lowest BCUT2D eigenvalue weighted by molar-refractivity contribution is -0.0918. The smallest absolute Gasteiger partial charge is 0.194 e. The Kier molecular flexibility index (Phi) is 16.0. The van der Waals surface area contributed by atoms with Crippen molar-refractivity contribution in [3.05, 3.63) is 41.5 Å². The number of ether oxygens (including phenoxy) is 2. The quantitative estimate of drug-likeness (QED) is 0.124. The van der Waals surface area contributed by atoms with E-state index in [1.165, 1.54) is 0 Å². The second-order valence-corrected chi connectivity index (χ2v) is 40.0. The minimum Gasteiger partial charge on any atom is -0.497 e. The van der Waals surface area contributed by atoms with Crippen molar-refractivity contribution in [1.29, 1.82) is 0 Å². The molecule has 7 nitrogen and oxygen atoms in total. The molecule has 0 aliphatic heterocycles. The van der Waals surface area contributed by atoms with E-state index in [9.17, 15) is 5.11 Å². The predicted octanol–water partition coefficient (Wildman–Crippen LogP) is 11.6. The Labute approximate surface area is 353 Å². The van der Waals surface area contributed by atoms with Gasteiger partial charge in [-0.25, -0.2) is 0 Å². The lowest BCUT2D eigenvalue weighted by atomic mass is 9.89. The molecule has 0 saturated carbocycles. The van der Waals surface area contributed by atoms with Gasteiger partial charge in [0.2, 0.25) is 0 Å². The molecule has 2 aliphatic carbocycles. The molecule has 1 aromatic carbocycles. The van der Waals surface area contributed by atoms with E-state index in [0.29, 0.717) is 19.6 Å². The molecule has 2 aliphatic rings. The molecule has 11 heteroatoms. The van der Waals surface area contributed by atoms with Crippen LogP contribution in [0, 0.1) is 23.7 Å². The molecule has 0 aromatic heterocycles. The highest BCUT2D eigenvalue weighted by Crippen LogP contribution is 2.49. The first-order valence-electron chi connectivity index (χ1n) is 21.4. The Hall–Kier alpha value is -1.49. The molecule has 0 spiro atoms. The lowest BCUT2D eigenvalue weighted by Crippen LogP contribution is -2.56. The SMILES string of the molecule is CC[Si](CC)(CC)O[C@@]1([C@H](CO[Si](C)(C)C(C)(C)C)OCc2ccc(OC)cc2)C#CC2=C[C@@H](O[Si](C)(C)C(C)(C)C)C[C@]2(O[Si](C)(C)C(C)(C)C)[C@H](O)C#CC1. The van der Waals surface area contributed by atoms with E-state index in [-0.39, 0.29) is 27.6 Å². The second-order valence-electron chi connectivity index (χ2n) is 21.1. The monoisotopic (exact) mass is 856 g/mol. The zero-order valence-corrected chi connectivity index (χ0v) is 43.5. The summed E-state index contributed by atoms with van der Waals surface area (Å²) in [5.74, 6) is 15.1. The zero-order chi connectivity index (χ0) is 43.5. The van der Waals surface area contributed by atoms with Crippen molar-refractivity contribution in [2.24, 2.45) is 0 Å². The number of hydrogen-bond donors (Lipinski definition) is 1. The highest BCUT2D eigenvalue weighted by Gasteiger charge is 2.56. The van der Waals surface area contributed by atoms with Crippen LogP contribution in [-0.4, -0.2) is 81.6 Å². The van der Waals surface area contributed by atoms with Gasteiger partial charge in [0, 0.05) is 12.0 Å². The van der Waals surface area contributed by atoms with E-state index in [0.717, 1.165) is 35.0 Å². The van der Waals surface area contributed by atoms with Gasteiger partial charge < -0.3 is 32.3 Å². The van der Waals surface area contributed by atoms with Gasteiger partial charge in [-0.1, -0.05) is 119 Å². The van der Waals surface area contributed by atoms with Gasteiger partial charge in [0.1, 0.15) is 23.6 Å². The maximum Gasteiger partial charge on any atom is 0.194 e. The molecular weight excluding hydrogens is 777 g/mol. The molecule has 5 atom stereocenters. The molecule has 322 valence electrons. The fourth-order valence-electron chi connectivity index (χ4n) is 6.62. The summed E-state index contributed by atoms with van der Waals surface area (Å²) in [5, 5.41) is 12.3. The highest BCUT2D eigenvalue weighted by molar-refractivity contribution is 6.75. The van der Waals surface area contributed by atoms with Crippen LogP contribution in [-0.2, 0) is 29.0 Å². The van der Waals surface area contributed by atoms with Crippen LogP contribution in [0.1, 0.15) is 101 Å². The van der Waals surface area contributed by atoms with E-state index in [4.69, 9.17) is 27.2 Å². The minimum atomic E-state index is -2.49. The number of benzene rings is 1. The molecular formula is C46H80O7Si4. The summed E-state index contributed by atoms with van der Waals surface area (Å²) < 4.78 is 41.6. The van der Waals surface area contributed by atoms with Gasteiger partial charge in [-0.15, -0.1) is 0 Å². The molecule has 0 radical (unpaired) electrons. The van der Waals surface area contributed by atoms with E-state index in [2.05, 4.69) is 152 Å². The lowest BCUT2D eigenvalue weighted by Gasteiger charge is -2.46. The fourth-order valence-corrected chi connectivity index (χ4v) is 13.4. The largest absolute Gasteiger partial charge is 0.497 e. The van der Waals surface area contributed by atoms with Crippen LogP contribution >= 0.6 is 0 Å². The standard InChI is InChI=1S/C46H80O7Si4/c1-20-57(21-2,22-3)52-45(41(35-50-54(14,15)42(4,5)6)49-34-36-25-27-38(48-13)28-26-36)30-23-24-40(47)46(53-56(18,19)44(10,11)12)33-39(32-37(46)29-31-45)51-55(16,17)43(7,8)9/h25-28,32,39-41,47H,20-22,30,33-35H2,1-19H3/t39-,40-,41+,45-,46-/m1/s1. The van der Waals surface area contributed by atoms with E-state index in [1.807, 2.05) is 24.3 Å². The van der Waals surface area contributed by atoms with Crippen molar-refractivity contribution < 1.29 is 32.3 Å². The number of methoxy groups -OCH3 is 1. The van der Waals surface area contributed by atoms with E-state index >= 15 is 0 Å². The number of hydrogen-bond acceptors (Lipinski definition) is 7. The van der Waals surface area contributed by atoms with Crippen molar-refractivity contribution in [2.75, 3.05) is 13.7 Å². The molecule has 57 heavy (non-hydrogen) atoms. The Bertz CT molecular complexity index is 1650. The average Bonchev–Trinajstić information content (AvgIpc) is 3.45. The Morgan fingerprint density at radius 1 is 0.789 bits per heavy atom. The van der Waals surface area contributed by atoms with Crippen molar-refractivity contribution in [1.82, 2.24) is 0 Å².